The molecule has 1 aliphatic heterocycles. The van der Waals surface area contributed by atoms with Crippen molar-refractivity contribution in [2.24, 2.45) is 0 Å². The fourth-order valence-electron chi connectivity index (χ4n) is 3.21. The van der Waals surface area contributed by atoms with Crippen LogP contribution in [0.15, 0.2) is 42.5 Å². The molecule has 0 radical (unpaired) electrons. The van der Waals surface area contributed by atoms with Gasteiger partial charge in [0.05, 0.1) is 24.4 Å². The summed E-state index contributed by atoms with van der Waals surface area (Å²) < 4.78 is 5.31. The fourth-order valence-corrected chi connectivity index (χ4v) is 3.66. The maximum atomic E-state index is 12.4. The Labute approximate surface area is 157 Å². The summed E-state index contributed by atoms with van der Waals surface area (Å²) in [7, 11) is 1.66. The first-order valence-corrected chi connectivity index (χ1v) is 8.95. The van der Waals surface area contributed by atoms with E-state index in [0.717, 1.165) is 25.1 Å². The summed E-state index contributed by atoms with van der Waals surface area (Å²) in [6.07, 6.45) is 2.10. The zero-order valence-corrected chi connectivity index (χ0v) is 15.5. The van der Waals surface area contributed by atoms with Crippen LogP contribution in [0, 0.1) is 0 Å². The number of carbonyl (C=O) groups is 1. The molecule has 4 nitrogen and oxygen atoms in total. The van der Waals surface area contributed by atoms with Crippen molar-refractivity contribution < 1.29 is 9.53 Å². The molecule has 0 aromatic heterocycles. The number of methoxy groups -OCH3 is 1. The lowest BCUT2D eigenvalue weighted by molar-refractivity contribution is -0.117. The summed E-state index contributed by atoms with van der Waals surface area (Å²) in [5.41, 5.74) is 1.75. The lowest BCUT2D eigenvalue weighted by atomic mass is 10.0. The van der Waals surface area contributed by atoms with E-state index in [1.54, 1.807) is 25.3 Å². The van der Waals surface area contributed by atoms with Gasteiger partial charge in [0.15, 0.2) is 0 Å². The molecular formula is C19H20Cl2N2O2. The summed E-state index contributed by atoms with van der Waals surface area (Å²) in [4.78, 5) is 14.6. The topological polar surface area (TPSA) is 41.6 Å². The third-order valence-electron chi connectivity index (χ3n) is 4.39. The third kappa shape index (κ3) is 4.46. The van der Waals surface area contributed by atoms with Crippen LogP contribution < -0.4 is 10.1 Å². The highest BCUT2D eigenvalue weighted by molar-refractivity contribution is 6.36. The van der Waals surface area contributed by atoms with Crippen molar-refractivity contribution in [1.29, 1.82) is 0 Å². The van der Waals surface area contributed by atoms with Crippen molar-refractivity contribution in [2.45, 2.75) is 18.9 Å². The van der Waals surface area contributed by atoms with Crippen LogP contribution >= 0.6 is 23.2 Å². The summed E-state index contributed by atoms with van der Waals surface area (Å²) >= 11 is 12.0. The molecule has 1 N–H and O–H groups in total. The molecule has 0 unspecified atom stereocenters. The Morgan fingerprint density at radius 3 is 2.88 bits per heavy atom. The van der Waals surface area contributed by atoms with E-state index in [9.17, 15) is 4.79 Å². The van der Waals surface area contributed by atoms with Crippen molar-refractivity contribution in [3.8, 4) is 5.75 Å². The Kier molecular flexibility index (Phi) is 5.84. The highest BCUT2D eigenvalue weighted by Gasteiger charge is 2.27. The second-order valence-electron chi connectivity index (χ2n) is 6.08. The van der Waals surface area contributed by atoms with Crippen molar-refractivity contribution >= 4 is 34.8 Å². The van der Waals surface area contributed by atoms with Gasteiger partial charge in [-0.15, -0.1) is 0 Å². The molecule has 1 atom stereocenters. The first kappa shape index (κ1) is 18.1. The van der Waals surface area contributed by atoms with Crippen LogP contribution in [0.1, 0.15) is 24.4 Å². The lowest BCUT2D eigenvalue weighted by Crippen LogP contribution is -2.33. The standard InChI is InChI=1S/C19H20Cl2N2O2/c1-25-15-5-2-4-13(10-15)18-6-3-9-23(18)12-19(24)22-17-8-7-14(20)11-16(17)21/h2,4-5,7-8,10-11,18H,3,6,9,12H2,1H3,(H,22,24)/t18-/m0/s1. The van der Waals surface area contributed by atoms with Crippen LogP contribution in [0.3, 0.4) is 0 Å². The molecule has 0 aliphatic carbocycles. The number of nitrogens with zero attached hydrogens (tertiary/aromatic N) is 1. The lowest BCUT2D eigenvalue weighted by Gasteiger charge is -2.24. The third-order valence-corrected chi connectivity index (χ3v) is 4.94. The average Bonchev–Trinajstić information content (AvgIpc) is 3.05. The van der Waals surface area contributed by atoms with Gasteiger partial charge in [-0.1, -0.05) is 35.3 Å². The zero-order valence-electron chi connectivity index (χ0n) is 14.0. The maximum Gasteiger partial charge on any atom is 0.238 e. The molecule has 1 aliphatic rings. The predicted octanol–water partition coefficient (Wildman–Crippen LogP) is 4.78. The van der Waals surface area contributed by atoms with Crippen LogP contribution in [0.5, 0.6) is 5.75 Å². The molecule has 1 amide bonds. The van der Waals surface area contributed by atoms with Gasteiger partial charge < -0.3 is 10.1 Å². The maximum absolute atomic E-state index is 12.4. The van der Waals surface area contributed by atoms with E-state index < -0.39 is 0 Å². The van der Waals surface area contributed by atoms with Crippen LogP contribution in [-0.4, -0.2) is 31.0 Å². The largest absolute Gasteiger partial charge is 0.497 e. The van der Waals surface area contributed by atoms with E-state index >= 15 is 0 Å². The van der Waals surface area contributed by atoms with E-state index in [1.807, 2.05) is 18.2 Å². The van der Waals surface area contributed by atoms with Gasteiger partial charge in [0.1, 0.15) is 5.75 Å². The van der Waals surface area contributed by atoms with E-state index in [0.29, 0.717) is 22.3 Å². The molecule has 1 heterocycles. The summed E-state index contributed by atoms with van der Waals surface area (Å²) in [5, 5.41) is 3.84. The summed E-state index contributed by atoms with van der Waals surface area (Å²) in [6.45, 7) is 1.21. The number of ether oxygens (including phenoxy) is 1. The van der Waals surface area contributed by atoms with E-state index in [4.69, 9.17) is 27.9 Å². The number of nitrogens with one attached hydrogen (secondary N) is 1. The number of benzene rings is 2. The Bertz CT molecular complexity index is 767. The average molecular weight is 379 g/mol. The minimum Gasteiger partial charge on any atom is -0.497 e. The number of hydrogen-bond donors (Lipinski definition) is 1. The Morgan fingerprint density at radius 2 is 2.12 bits per heavy atom. The van der Waals surface area contributed by atoms with Gasteiger partial charge in [-0.05, 0) is 55.3 Å². The number of rotatable bonds is 5. The molecule has 2 aromatic carbocycles. The van der Waals surface area contributed by atoms with Crippen molar-refractivity contribution in [3.63, 3.8) is 0 Å². The molecule has 3 rings (SSSR count). The highest BCUT2D eigenvalue weighted by atomic mass is 35.5. The van der Waals surface area contributed by atoms with Gasteiger partial charge in [-0.2, -0.15) is 0 Å². The van der Waals surface area contributed by atoms with Crippen molar-refractivity contribution in [2.75, 3.05) is 25.5 Å². The number of halogens is 2. The van der Waals surface area contributed by atoms with Crippen LogP contribution in [0.4, 0.5) is 5.69 Å². The molecule has 0 spiro atoms. The second kappa shape index (κ2) is 8.09. The number of anilines is 1. The van der Waals surface area contributed by atoms with Crippen molar-refractivity contribution in [3.05, 3.63) is 58.1 Å². The van der Waals surface area contributed by atoms with Gasteiger partial charge >= 0.3 is 0 Å². The minimum absolute atomic E-state index is 0.0842. The summed E-state index contributed by atoms with van der Waals surface area (Å²) in [6, 6.07) is 13.3. The van der Waals surface area contributed by atoms with Crippen LogP contribution in [0.2, 0.25) is 10.0 Å². The summed E-state index contributed by atoms with van der Waals surface area (Å²) in [5.74, 6) is 0.751. The van der Waals surface area contributed by atoms with Gasteiger partial charge in [-0.25, -0.2) is 0 Å². The zero-order chi connectivity index (χ0) is 17.8. The molecule has 0 bridgehead atoms. The molecule has 1 fully saturated rings. The molecule has 1 saturated heterocycles. The smallest absolute Gasteiger partial charge is 0.238 e. The monoisotopic (exact) mass is 378 g/mol. The predicted molar refractivity (Wildman–Crippen MR) is 102 cm³/mol. The number of carbonyl (C=O) groups excluding carboxylic acids is 1. The molecule has 25 heavy (non-hydrogen) atoms. The van der Waals surface area contributed by atoms with E-state index in [-0.39, 0.29) is 11.9 Å². The quantitative estimate of drug-likeness (QED) is 0.813. The minimum atomic E-state index is -0.0842. The fraction of sp³-hybridized carbons (Fsp3) is 0.316. The van der Waals surface area contributed by atoms with E-state index in [2.05, 4.69) is 16.3 Å². The van der Waals surface area contributed by atoms with Gasteiger partial charge in [-0.3, -0.25) is 9.69 Å². The molecule has 2 aromatic rings. The van der Waals surface area contributed by atoms with E-state index in [1.165, 1.54) is 5.56 Å². The Balaban J connectivity index is 1.67. The number of amides is 1. The normalized spacial score (nSPS) is 17.5. The first-order valence-electron chi connectivity index (χ1n) is 8.19. The van der Waals surface area contributed by atoms with Gasteiger partial charge in [0.25, 0.3) is 0 Å². The Morgan fingerprint density at radius 1 is 1.28 bits per heavy atom. The SMILES string of the molecule is COc1cccc([C@@H]2CCCN2CC(=O)Nc2ccc(Cl)cc2Cl)c1. The second-order valence-corrected chi connectivity index (χ2v) is 6.92. The van der Waals surface area contributed by atoms with Crippen LogP contribution in [0.25, 0.3) is 0 Å². The first-order chi connectivity index (χ1) is 12.1. The van der Waals surface area contributed by atoms with Gasteiger partial charge in [0.2, 0.25) is 5.91 Å². The Hall–Kier alpha value is -1.75. The van der Waals surface area contributed by atoms with Crippen molar-refractivity contribution in [1.82, 2.24) is 4.90 Å². The molecular weight excluding hydrogens is 359 g/mol. The molecule has 6 heteroatoms. The highest BCUT2D eigenvalue weighted by Crippen LogP contribution is 2.33. The van der Waals surface area contributed by atoms with Gasteiger partial charge in [0, 0.05) is 11.1 Å². The number of hydrogen-bond acceptors (Lipinski definition) is 3. The molecule has 132 valence electrons. The number of likely N-dealkylation sites (tertiary alicyclic amines) is 1. The van der Waals surface area contributed by atoms with Crippen LogP contribution in [-0.2, 0) is 4.79 Å². The molecule has 0 saturated carbocycles.